The Morgan fingerprint density at radius 3 is 2.34 bits per heavy atom. The lowest BCUT2D eigenvalue weighted by molar-refractivity contribution is 0.0951. The fourth-order valence-corrected chi connectivity index (χ4v) is 5.02. The number of carbonyl (C=O) groups is 1. The average molecular weight is 587 g/mol. The number of halogens is 1. The summed E-state index contributed by atoms with van der Waals surface area (Å²) in [5.41, 5.74) is 8.01. The predicted molar refractivity (Wildman–Crippen MR) is 169 cm³/mol. The van der Waals surface area contributed by atoms with Crippen LogP contribution in [0.2, 0.25) is 5.02 Å². The van der Waals surface area contributed by atoms with Gasteiger partial charge in [-0.15, -0.1) is 10.2 Å². The summed E-state index contributed by atoms with van der Waals surface area (Å²) in [4.78, 5) is 16.8. The second-order valence-corrected chi connectivity index (χ2v) is 10.6. The van der Waals surface area contributed by atoms with Gasteiger partial charge in [-0.1, -0.05) is 23.7 Å². The van der Waals surface area contributed by atoms with Gasteiger partial charge >= 0.3 is 0 Å². The first-order valence-corrected chi connectivity index (χ1v) is 14.2. The van der Waals surface area contributed by atoms with Crippen molar-refractivity contribution in [2.24, 2.45) is 0 Å². The summed E-state index contributed by atoms with van der Waals surface area (Å²) in [6, 6.07) is 19.1. The molecule has 0 aliphatic rings. The van der Waals surface area contributed by atoms with Crippen LogP contribution in [0.25, 0.3) is 28.0 Å². The van der Waals surface area contributed by atoms with E-state index in [1.54, 1.807) is 23.0 Å². The molecule has 41 heavy (non-hydrogen) atoms. The SMILES string of the molecule is CCN(CC)c1ccc(-n2nc3cc(C)c(NC(=S)NC(=O)c4ccc(-c5ccc(C)c(Cl)c5)o4)cc3n2)c(C)c1. The van der Waals surface area contributed by atoms with Gasteiger partial charge in [0, 0.05) is 35.1 Å². The Balaban J connectivity index is 1.30. The maximum atomic E-state index is 12.8. The first kappa shape index (κ1) is 28.3. The normalized spacial score (nSPS) is 11.1. The molecule has 0 spiro atoms. The minimum atomic E-state index is -0.458. The van der Waals surface area contributed by atoms with E-state index in [1.807, 2.05) is 44.2 Å². The minimum Gasteiger partial charge on any atom is -0.451 e. The van der Waals surface area contributed by atoms with Crippen LogP contribution >= 0.6 is 23.8 Å². The summed E-state index contributed by atoms with van der Waals surface area (Å²) in [5.74, 6) is 0.219. The van der Waals surface area contributed by atoms with Gasteiger partial charge in [-0.05, 0) is 112 Å². The number of nitrogens with one attached hydrogen (secondary N) is 2. The number of amides is 1. The molecule has 0 fully saturated rings. The van der Waals surface area contributed by atoms with Gasteiger partial charge in [0.1, 0.15) is 16.8 Å². The van der Waals surface area contributed by atoms with Crippen molar-refractivity contribution >= 4 is 57.2 Å². The zero-order valence-corrected chi connectivity index (χ0v) is 25.2. The van der Waals surface area contributed by atoms with Gasteiger partial charge in [0.25, 0.3) is 5.91 Å². The van der Waals surface area contributed by atoms with Crippen molar-refractivity contribution in [2.45, 2.75) is 34.6 Å². The molecule has 10 heteroatoms. The van der Waals surface area contributed by atoms with E-state index in [0.29, 0.717) is 16.3 Å². The van der Waals surface area contributed by atoms with Crippen LogP contribution in [0.1, 0.15) is 41.1 Å². The van der Waals surface area contributed by atoms with Crippen LogP contribution in [0.15, 0.2) is 65.1 Å². The molecular formula is C31H31ClN6O2S. The van der Waals surface area contributed by atoms with Crippen molar-refractivity contribution in [3.63, 3.8) is 0 Å². The Morgan fingerprint density at radius 2 is 1.66 bits per heavy atom. The summed E-state index contributed by atoms with van der Waals surface area (Å²) in [5, 5.41) is 16.0. The number of aromatic nitrogens is 3. The van der Waals surface area contributed by atoms with Gasteiger partial charge in [-0.2, -0.15) is 4.80 Å². The summed E-state index contributed by atoms with van der Waals surface area (Å²) in [7, 11) is 0. The van der Waals surface area contributed by atoms with Gasteiger partial charge in [-0.25, -0.2) is 0 Å². The molecule has 0 aliphatic heterocycles. The predicted octanol–water partition coefficient (Wildman–Crippen LogP) is 7.23. The van der Waals surface area contributed by atoms with Crippen molar-refractivity contribution in [2.75, 3.05) is 23.3 Å². The van der Waals surface area contributed by atoms with Gasteiger partial charge in [0.05, 0.1) is 5.69 Å². The number of rotatable bonds is 7. The summed E-state index contributed by atoms with van der Waals surface area (Å²) in [6.07, 6.45) is 0. The number of furan rings is 1. The van der Waals surface area contributed by atoms with E-state index in [4.69, 9.17) is 38.4 Å². The number of hydrogen-bond acceptors (Lipinski definition) is 6. The van der Waals surface area contributed by atoms with Gasteiger partial charge in [0.2, 0.25) is 0 Å². The highest BCUT2D eigenvalue weighted by atomic mass is 35.5. The van der Waals surface area contributed by atoms with Gasteiger partial charge in [-0.3, -0.25) is 10.1 Å². The largest absolute Gasteiger partial charge is 0.451 e. The van der Waals surface area contributed by atoms with E-state index in [-0.39, 0.29) is 10.9 Å². The quantitative estimate of drug-likeness (QED) is 0.194. The number of aryl methyl sites for hydroxylation is 3. The first-order chi connectivity index (χ1) is 19.7. The molecule has 5 rings (SSSR count). The molecule has 2 N–H and O–H groups in total. The number of carbonyl (C=O) groups excluding carboxylic acids is 1. The van der Waals surface area contributed by atoms with Crippen molar-refractivity contribution in [3.05, 3.63) is 88.1 Å². The number of benzene rings is 3. The molecule has 3 aromatic carbocycles. The lowest BCUT2D eigenvalue weighted by Crippen LogP contribution is -2.34. The third-order valence-corrected chi connectivity index (χ3v) is 7.62. The van der Waals surface area contributed by atoms with E-state index in [1.165, 1.54) is 5.69 Å². The number of thiocarbonyl (C=S) groups is 1. The molecule has 0 bridgehead atoms. The number of hydrogen-bond donors (Lipinski definition) is 2. The maximum Gasteiger partial charge on any atom is 0.293 e. The van der Waals surface area contributed by atoms with Crippen LogP contribution in [-0.4, -0.2) is 39.1 Å². The van der Waals surface area contributed by atoms with Crippen molar-refractivity contribution in [1.82, 2.24) is 20.3 Å². The lowest BCUT2D eigenvalue weighted by Gasteiger charge is -2.22. The fraction of sp³-hybridized carbons (Fsp3) is 0.226. The van der Waals surface area contributed by atoms with Gasteiger partial charge in [0.15, 0.2) is 10.9 Å². The second-order valence-electron chi connectivity index (χ2n) is 9.82. The smallest absolute Gasteiger partial charge is 0.293 e. The van der Waals surface area contributed by atoms with Gasteiger partial charge < -0.3 is 14.6 Å². The Hall–Kier alpha value is -4.21. The third kappa shape index (κ3) is 5.96. The third-order valence-electron chi connectivity index (χ3n) is 7.01. The Labute approximate surface area is 249 Å². The van der Waals surface area contributed by atoms with Crippen LogP contribution in [0.4, 0.5) is 11.4 Å². The average Bonchev–Trinajstić information content (AvgIpc) is 3.59. The summed E-state index contributed by atoms with van der Waals surface area (Å²) >= 11 is 11.7. The molecule has 1 amide bonds. The molecule has 0 aliphatic carbocycles. The van der Waals surface area contributed by atoms with Crippen molar-refractivity contribution in [1.29, 1.82) is 0 Å². The molecule has 0 radical (unpaired) electrons. The van der Waals surface area contributed by atoms with E-state index in [2.05, 4.69) is 48.4 Å². The molecule has 210 valence electrons. The van der Waals surface area contributed by atoms with E-state index < -0.39 is 5.91 Å². The highest BCUT2D eigenvalue weighted by Crippen LogP contribution is 2.28. The standard InChI is InChI=1S/C31H31ClN6O2S/c1-6-37(7-2)22-10-11-27(20(5)14-22)38-35-25-15-19(4)24(17-26(25)36-38)33-31(41)34-30(39)29-13-12-28(40-29)21-9-8-18(3)23(32)16-21/h8-17H,6-7H2,1-5H3,(H2,33,34,39,41). The molecular weight excluding hydrogens is 556 g/mol. The van der Waals surface area contributed by atoms with Crippen LogP contribution in [0.5, 0.6) is 0 Å². The molecule has 8 nitrogen and oxygen atoms in total. The van der Waals surface area contributed by atoms with Crippen molar-refractivity contribution in [3.8, 4) is 17.0 Å². The lowest BCUT2D eigenvalue weighted by atomic mass is 10.1. The highest BCUT2D eigenvalue weighted by Gasteiger charge is 2.16. The van der Waals surface area contributed by atoms with Crippen LogP contribution in [0, 0.1) is 20.8 Å². The Morgan fingerprint density at radius 1 is 0.927 bits per heavy atom. The molecule has 0 unspecified atom stereocenters. The summed E-state index contributed by atoms with van der Waals surface area (Å²) < 4.78 is 5.76. The maximum absolute atomic E-state index is 12.8. The van der Waals surface area contributed by atoms with Crippen molar-refractivity contribution < 1.29 is 9.21 Å². The van der Waals surface area contributed by atoms with Crippen LogP contribution < -0.4 is 15.5 Å². The highest BCUT2D eigenvalue weighted by molar-refractivity contribution is 7.80. The van der Waals surface area contributed by atoms with E-state index >= 15 is 0 Å². The topological polar surface area (TPSA) is 88.2 Å². The number of anilines is 2. The number of nitrogens with zero attached hydrogens (tertiary/aromatic N) is 4. The van der Waals surface area contributed by atoms with E-state index in [9.17, 15) is 4.79 Å². The monoisotopic (exact) mass is 586 g/mol. The molecule has 0 saturated carbocycles. The first-order valence-electron chi connectivity index (χ1n) is 13.4. The summed E-state index contributed by atoms with van der Waals surface area (Å²) in [6.45, 7) is 12.1. The molecule has 2 heterocycles. The molecule has 5 aromatic rings. The number of fused-ring (bicyclic) bond motifs is 1. The Kier molecular flexibility index (Phi) is 8.10. The molecule has 2 aromatic heterocycles. The van der Waals surface area contributed by atoms with E-state index in [0.717, 1.165) is 52.2 Å². The second kappa shape index (κ2) is 11.7. The molecule has 0 atom stereocenters. The molecule has 0 saturated heterocycles. The fourth-order valence-electron chi connectivity index (χ4n) is 4.64. The van der Waals surface area contributed by atoms with Crippen LogP contribution in [-0.2, 0) is 0 Å². The zero-order valence-electron chi connectivity index (χ0n) is 23.6. The Bertz CT molecular complexity index is 1770. The zero-order chi connectivity index (χ0) is 29.3. The van der Waals surface area contributed by atoms with Crippen LogP contribution in [0.3, 0.4) is 0 Å². The minimum absolute atomic E-state index is 0.137.